The zero-order chi connectivity index (χ0) is 27.9. The minimum absolute atomic E-state index is 0.00325. The van der Waals surface area contributed by atoms with Gasteiger partial charge in [0, 0.05) is 46.6 Å². The molecule has 0 unspecified atom stereocenters. The van der Waals surface area contributed by atoms with Crippen molar-refractivity contribution in [3.8, 4) is 0 Å². The van der Waals surface area contributed by atoms with Gasteiger partial charge < -0.3 is 10.4 Å². The van der Waals surface area contributed by atoms with Crippen LogP contribution in [0.1, 0.15) is 52.5 Å². The summed E-state index contributed by atoms with van der Waals surface area (Å²) in [5.41, 5.74) is 2.51. The van der Waals surface area contributed by atoms with Crippen molar-refractivity contribution in [3.05, 3.63) is 92.8 Å². The van der Waals surface area contributed by atoms with Crippen molar-refractivity contribution in [2.75, 3.05) is 11.9 Å². The summed E-state index contributed by atoms with van der Waals surface area (Å²) in [6.07, 6.45) is 1.75. The molecular formula is C30H25Cl2FN4O3. The molecule has 10 heteroatoms. The number of aromatic nitrogens is 2. The fourth-order valence-electron chi connectivity index (χ4n) is 7.35. The van der Waals surface area contributed by atoms with E-state index >= 15 is 4.39 Å². The first-order chi connectivity index (χ1) is 19.2. The smallest absolute Gasteiger partial charge is 0.335 e. The van der Waals surface area contributed by atoms with E-state index in [0.29, 0.717) is 41.2 Å². The monoisotopic (exact) mass is 578 g/mol. The fourth-order valence-corrected chi connectivity index (χ4v) is 7.70. The predicted molar refractivity (Wildman–Crippen MR) is 151 cm³/mol. The molecule has 3 aliphatic rings. The van der Waals surface area contributed by atoms with Crippen LogP contribution in [-0.2, 0) is 17.6 Å². The number of aromatic carboxylic acids is 1. The average molecular weight is 579 g/mol. The third-order valence-electron chi connectivity index (χ3n) is 8.85. The Kier molecular flexibility index (Phi) is 5.75. The molecule has 0 radical (unpaired) electrons. The van der Waals surface area contributed by atoms with Crippen LogP contribution in [0, 0.1) is 5.82 Å². The lowest BCUT2D eigenvalue weighted by Crippen LogP contribution is -2.61. The van der Waals surface area contributed by atoms with Crippen molar-refractivity contribution >= 4 is 51.7 Å². The normalized spacial score (nSPS) is 25.2. The number of rotatable bonds is 4. The van der Waals surface area contributed by atoms with Gasteiger partial charge in [0.15, 0.2) is 0 Å². The lowest BCUT2D eigenvalue weighted by molar-refractivity contribution is -0.128. The number of nitrogens with one attached hydrogen (secondary N) is 1. The van der Waals surface area contributed by atoms with Gasteiger partial charge in [-0.15, -0.1) is 0 Å². The van der Waals surface area contributed by atoms with Gasteiger partial charge in [-0.25, -0.2) is 9.18 Å². The van der Waals surface area contributed by atoms with Gasteiger partial charge in [0.25, 0.3) is 0 Å². The van der Waals surface area contributed by atoms with Gasteiger partial charge in [-0.1, -0.05) is 54.4 Å². The number of carboxylic acids is 1. The van der Waals surface area contributed by atoms with Crippen LogP contribution in [0.5, 0.6) is 0 Å². The lowest BCUT2D eigenvalue weighted by Gasteiger charge is -2.45. The number of halogens is 3. The molecule has 4 heterocycles. The first kappa shape index (κ1) is 25.5. The topological polar surface area (TPSA) is 87.5 Å². The summed E-state index contributed by atoms with van der Waals surface area (Å²) in [6, 6.07) is 14.8. The number of fused-ring (bicyclic) bond motifs is 6. The summed E-state index contributed by atoms with van der Waals surface area (Å²) < 4.78 is 17.9. The number of nitrogens with zero attached hydrogens (tertiary/aromatic N) is 3. The first-order valence-corrected chi connectivity index (χ1v) is 14.0. The first-order valence-electron chi connectivity index (χ1n) is 13.3. The van der Waals surface area contributed by atoms with Crippen LogP contribution in [0.25, 0.3) is 10.9 Å². The van der Waals surface area contributed by atoms with Gasteiger partial charge in [-0.2, -0.15) is 5.10 Å². The number of amides is 1. The molecule has 0 saturated carbocycles. The summed E-state index contributed by atoms with van der Waals surface area (Å²) in [6.45, 7) is 2.70. The zero-order valence-corrected chi connectivity index (χ0v) is 23.0. The van der Waals surface area contributed by atoms with E-state index in [1.54, 1.807) is 42.5 Å². The molecule has 4 atom stereocenters. The SMILES string of the molecule is CCCN1[C@H]2Cc3c4ccc(C(=O)O)cc4nn3[C@H]2[C@H](c2cccc(Cl)c2F)[C@@]12Cc1ccc(Cl)cc1NC2=O. The second-order valence-electron chi connectivity index (χ2n) is 10.9. The summed E-state index contributed by atoms with van der Waals surface area (Å²) in [7, 11) is 0. The summed E-state index contributed by atoms with van der Waals surface area (Å²) in [4.78, 5) is 28.2. The Morgan fingerprint density at radius 1 is 1.20 bits per heavy atom. The number of benzene rings is 3. The quantitative estimate of drug-likeness (QED) is 0.306. The Bertz CT molecular complexity index is 1740. The van der Waals surface area contributed by atoms with E-state index in [9.17, 15) is 14.7 Å². The number of carboxylic acid groups (broad SMARTS) is 1. The van der Waals surface area contributed by atoms with Crippen LogP contribution < -0.4 is 5.32 Å². The molecule has 0 aliphatic carbocycles. The Morgan fingerprint density at radius 2 is 2.02 bits per heavy atom. The van der Waals surface area contributed by atoms with Gasteiger partial charge in [-0.3, -0.25) is 14.4 Å². The molecule has 40 heavy (non-hydrogen) atoms. The molecule has 1 spiro atoms. The minimum atomic E-state index is -1.11. The molecule has 0 bridgehead atoms. The molecule has 3 aliphatic heterocycles. The van der Waals surface area contributed by atoms with Gasteiger partial charge in [0.05, 0.1) is 22.1 Å². The number of carbonyl (C=O) groups is 2. The van der Waals surface area contributed by atoms with Crippen LogP contribution >= 0.6 is 23.2 Å². The van der Waals surface area contributed by atoms with Crippen molar-refractivity contribution in [2.24, 2.45) is 0 Å². The van der Waals surface area contributed by atoms with Gasteiger partial charge in [0.1, 0.15) is 11.4 Å². The van der Waals surface area contributed by atoms with Crippen LogP contribution in [-0.4, -0.2) is 49.8 Å². The summed E-state index contributed by atoms with van der Waals surface area (Å²) in [5, 5.41) is 18.9. The summed E-state index contributed by atoms with van der Waals surface area (Å²) in [5.74, 6) is -2.40. The molecule has 4 aromatic rings. The molecule has 7 nitrogen and oxygen atoms in total. The second kappa shape index (κ2) is 9.03. The number of anilines is 1. The molecule has 1 fully saturated rings. The Morgan fingerprint density at radius 3 is 2.80 bits per heavy atom. The van der Waals surface area contributed by atoms with Crippen LogP contribution in [0.15, 0.2) is 54.6 Å². The Labute approximate surface area is 239 Å². The molecule has 1 aromatic heterocycles. The average Bonchev–Trinajstić information content (AvgIpc) is 3.53. The maximum Gasteiger partial charge on any atom is 0.335 e. The van der Waals surface area contributed by atoms with E-state index in [-0.39, 0.29) is 28.6 Å². The molecule has 7 rings (SSSR count). The third kappa shape index (κ3) is 3.42. The highest BCUT2D eigenvalue weighted by atomic mass is 35.5. The Hall–Kier alpha value is -3.46. The maximum absolute atomic E-state index is 16.0. The van der Waals surface area contributed by atoms with Gasteiger partial charge in [-0.05, 0) is 54.4 Å². The standard InChI is InChI=1S/C30H25Cl2FN4O3/c1-2-10-36-24-13-23-18-9-7-15(28(38)39)11-22(18)35-37(23)27(24)25(19-4-3-5-20(32)26(19)33)30(36)14-16-6-8-17(31)12-21(16)34-29(30)40/h3-9,11-12,24-25,27H,2,10,13-14H2,1H3,(H,34,40)(H,38,39)/t24-,25-,27+,30+/m0/s1. The minimum Gasteiger partial charge on any atom is -0.478 e. The van der Waals surface area contributed by atoms with Crippen LogP contribution in [0.2, 0.25) is 10.0 Å². The van der Waals surface area contributed by atoms with E-state index in [1.807, 2.05) is 10.7 Å². The molecule has 3 aromatic carbocycles. The largest absolute Gasteiger partial charge is 0.478 e. The molecular weight excluding hydrogens is 554 g/mol. The highest BCUT2D eigenvalue weighted by Crippen LogP contribution is 2.59. The second-order valence-corrected chi connectivity index (χ2v) is 11.7. The molecule has 1 amide bonds. The van der Waals surface area contributed by atoms with Crippen LogP contribution in [0.3, 0.4) is 0 Å². The third-order valence-corrected chi connectivity index (χ3v) is 9.38. The van der Waals surface area contributed by atoms with Crippen molar-refractivity contribution in [1.29, 1.82) is 0 Å². The van der Waals surface area contributed by atoms with Crippen molar-refractivity contribution in [3.63, 3.8) is 0 Å². The maximum atomic E-state index is 16.0. The number of likely N-dealkylation sites (tertiary alicyclic amines) is 1. The highest BCUT2D eigenvalue weighted by Gasteiger charge is 2.67. The number of carbonyl (C=O) groups excluding carboxylic acids is 1. The predicted octanol–water partition coefficient (Wildman–Crippen LogP) is 6.09. The Balaban J connectivity index is 1.48. The molecule has 204 valence electrons. The van der Waals surface area contributed by atoms with Crippen molar-refractivity contribution < 1.29 is 19.1 Å². The van der Waals surface area contributed by atoms with E-state index in [0.717, 1.165) is 23.1 Å². The zero-order valence-electron chi connectivity index (χ0n) is 21.5. The van der Waals surface area contributed by atoms with E-state index < -0.39 is 23.2 Å². The van der Waals surface area contributed by atoms with Gasteiger partial charge >= 0.3 is 5.97 Å². The number of hydrogen-bond acceptors (Lipinski definition) is 4. The van der Waals surface area contributed by atoms with E-state index in [4.69, 9.17) is 28.3 Å². The van der Waals surface area contributed by atoms with E-state index in [1.165, 1.54) is 6.07 Å². The molecule has 2 N–H and O–H groups in total. The summed E-state index contributed by atoms with van der Waals surface area (Å²) >= 11 is 12.6. The lowest BCUT2D eigenvalue weighted by atomic mass is 9.71. The molecule has 1 saturated heterocycles. The van der Waals surface area contributed by atoms with Gasteiger partial charge in [0.2, 0.25) is 5.91 Å². The fraction of sp³-hybridized carbons (Fsp3) is 0.300. The highest BCUT2D eigenvalue weighted by molar-refractivity contribution is 6.31. The number of hydrogen-bond donors (Lipinski definition) is 2. The van der Waals surface area contributed by atoms with E-state index in [2.05, 4.69) is 17.1 Å². The van der Waals surface area contributed by atoms with Crippen LogP contribution in [0.4, 0.5) is 10.1 Å². The van der Waals surface area contributed by atoms with Crippen molar-refractivity contribution in [2.45, 2.75) is 49.7 Å². The van der Waals surface area contributed by atoms with Crippen molar-refractivity contribution in [1.82, 2.24) is 14.7 Å².